The molecule has 148 valence electrons. The maximum Gasteiger partial charge on any atom is 0.303 e. The van der Waals surface area contributed by atoms with Crippen LogP contribution in [0, 0.1) is 5.82 Å². The first-order valence-corrected chi connectivity index (χ1v) is 9.29. The van der Waals surface area contributed by atoms with Crippen molar-refractivity contribution in [1.82, 2.24) is 0 Å². The van der Waals surface area contributed by atoms with Crippen molar-refractivity contribution in [2.45, 2.75) is 25.4 Å². The molecule has 1 unspecified atom stereocenters. The van der Waals surface area contributed by atoms with E-state index in [-0.39, 0.29) is 25.2 Å². The number of hydrogen-bond acceptors (Lipinski definition) is 3. The maximum atomic E-state index is 14.4. The Kier molecular flexibility index (Phi) is 6.74. The summed E-state index contributed by atoms with van der Waals surface area (Å²) in [5.41, 5.74) is 3.58. The Balaban J connectivity index is 1.66. The van der Waals surface area contributed by atoms with Gasteiger partial charge < -0.3 is 14.6 Å². The molecule has 0 aliphatic heterocycles. The summed E-state index contributed by atoms with van der Waals surface area (Å²) < 4.78 is 20.0. The average Bonchev–Trinajstić information content (AvgIpc) is 2.73. The molecule has 1 N–H and O–H groups in total. The van der Waals surface area contributed by atoms with Crippen molar-refractivity contribution < 1.29 is 23.8 Å². The summed E-state index contributed by atoms with van der Waals surface area (Å²) in [6.45, 7) is 0.207. The topological polar surface area (TPSA) is 63.6 Å². The number of ether oxygens (including phenoxy) is 1. The van der Waals surface area contributed by atoms with E-state index in [9.17, 15) is 14.0 Å². The van der Waals surface area contributed by atoms with Crippen molar-refractivity contribution in [1.29, 1.82) is 0 Å². The molecule has 0 saturated heterocycles. The van der Waals surface area contributed by atoms with Crippen molar-refractivity contribution in [2.75, 3.05) is 0 Å². The molecule has 4 nitrogen and oxygen atoms in total. The van der Waals surface area contributed by atoms with Crippen LogP contribution in [0.25, 0.3) is 11.1 Å². The second kappa shape index (κ2) is 9.64. The van der Waals surface area contributed by atoms with Crippen LogP contribution >= 0.6 is 0 Å². The Hall–Kier alpha value is -3.47. The van der Waals surface area contributed by atoms with E-state index in [4.69, 9.17) is 9.84 Å². The Morgan fingerprint density at radius 3 is 2.31 bits per heavy atom. The number of benzene rings is 3. The summed E-state index contributed by atoms with van der Waals surface area (Å²) in [5.74, 6) is -2.08. The molecule has 0 spiro atoms. The lowest BCUT2D eigenvalue weighted by Crippen LogP contribution is -2.08. The monoisotopic (exact) mass is 392 g/mol. The molecule has 3 aromatic carbocycles. The number of hydrogen-bond donors (Lipinski definition) is 1. The van der Waals surface area contributed by atoms with Gasteiger partial charge in [-0.05, 0) is 34.4 Å². The average molecular weight is 392 g/mol. The van der Waals surface area contributed by atoms with Crippen molar-refractivity contribution in [3.63, 3.8) is 0 Å². The van der Waals surface area contributed by atoms with Gasteiger partial charge in [0.05, 0.1) is 6.42 Å². The van der Waals surface area contributed by atoms with E-state index in [0.29, 0.717) is 11.8 Å². The molecule has 0 aliphatic carbocycles. The fraction of sp³-hybridized carbons (Fsp3) is 0.167. The van der Waals surface area contributed by atoms with Crippen LogP contribution in [0.3, 0.4) is 0 Å². The summed E-state index contributed by atoms with van der Waals surface area (Å²) in [4.78, 5) is 21.7. The molecule has 29 heavy (non-hydrogen) atoms. The first-order valence-electron chi connectivity index (χ1n) is 9.29. The van der Waals surface area contributed by atoms with Crippen LogP contribution < -0.4 is 4.74 Å². The highest BCUT2D eigenvalue weighted by atomic mass is 19.1. The van der Waals surface area contributed by atoms with E-state index in [1.54, 1.807) is 6.07 Å². The van der Waals surface area contributed by atoms with Gasteiger partial charge in [-0.15, -0.1) is 0 Å². The van der Waals surface area contributed by atoms with Gasteiger partial charge in [0.2, 0.25) is 0 Å². The molecule has 0 amide bonds. The second-order valence-corrected chi connectivity index (χ2v) is 6.74. The Morgan fingerprint density at radius 2 is 1.69 bits per heavy atom. The van der Waals surface area contributed by atoms with E-state index in [2.05, 4.69) is 0 Å². The van der Waals surface area contributed by atoms with Crippen molar-refractivity contribution in [3.05, 3.63) is 89.7 Å². The highest BCUT2D eigenvalue weighted by molar-refractivity contribution is 5.69. The molecule has 5 heteroatoms. The summed E-state index contributed by atoms with van der Waals surface area (Å²) >= 11 is 0. The zero-order chi connectivity index (χ0) is 20.6. The number of carbonyl (C=O) groups excluding carboxylic acids is 1. The molecule has 0 saturated carbocycles. The lowest BCUT2D eigenvalue weighted by Gasteiger charge is -2.14. The van der Waals surface area contributed by atoms with Crippen LogP contribution in [-0.4, -0.2) is 17.4 Å². The Labute approximate surface area is 168 Å². The van der Waals surface area contributed by atoms with E-state index < -0.39 is 17.7 Å². The quantitative estimate of drug-likeness (QED) is 0.507. The minimum Gasteiger partial charge on any atom is -0.486 e. The highest BCUT2D eigenvalue weighted by Crippen LogP contribution is 2.28. The van der Waals surface area contributed by atoms with Crippen LogP contribution in [0.5, 0.6) is 5.75 Å². The van der Waals surface area contributed by atoms with Gasteiger partial charge in [0.1, 0.15) is 12.9 Å². The Morgan fingerprint density at radius 1 is 1.00 bits per heavy atom. The van der Waals surface area contributed by atoms with Gasteiger partial charge in [-0.25, -0.2) is 4.39 Å². The third-order valence-electron chi connectivity index (χ3n) is 4.68. The molecular formula is C24H21FO4. The van der Waals surface area contributed by atoms with Crippen LogP contribution in [-0.2, 0) is 16.2 Å². The van der Waals surface area contributed by atoms with E-state index >= 15 is 0 Å². The molecule has 0 bridgehead atoms. The van der Waals surface area contributed by atoms with E-state index in [1.165, 1.54) is 12.1 Å². The standard InChI is InChI=1S/C24H21FO4/c25-22-14-20(21(12-13-26)15-24(27)28)10-11-23(22)29-16-17-6-8-19(9-7-17)18-4-2-1-3-5-18/h1-11,13-14,21H,12,15-16H2,(H,27,28). The van der Waals surface area contributed by atoms with Crippen LogP contribution in [0.4, 0.5) is 4.39 Å². The number of rotatable bonds is 9. The first kappa shape index (κ1) is 20.3. The van der Waals surface area contributed by atoms with E-state index in [1.807, 2.05) is 54.6 Å². The third kappa shape index (κ3) is 5.51. The fourth-order valence-electron chi connectivity index (χ4n) is 3.14. The van der Waals surface area contributed by atoms with Crippen molar-refractivity contribution in [3.8, 4) is 16.9 Å². The maximum absolute atomic E-state index is 14.4. The first-order chi connectivity index (χ1) is 14.1. The van der Waals surface area contributed by atoms with Crippen LogP contribution in [0.2, 0.25) is 0 Å². The molecule has 3 rings (SSSR count). The Bertz CT molecular complexity index is 968. The minimum atomic E-state index is -1.03. The van der Waals surface area contributed by atoms with Crippen LogP contribution in [0.15, 0.2) is 72.8 Å². The SMILES string of the molecule is O=CCC(CC(=O)O)c1ccc(OCc2ccc(-c3ccccc3)cc2)c(F)c1. The molecular weight excluding hydrogens is 371 g/mol. The fourth-order valence-corrected chi connectivity index (χ4v) is 3.14. The predicted octanol–water partition coefficient (Wildman–Crippen LogP) is 5.22. The lowest BCUT2D eigenvalue weighted by molar-refractivity contribution is -0.137. The largest absolute Gasteiger partial charge is 0.486 e. The summed E-state index contributed by atoms with van der Waals surface area (Å²) in [5, 5.41) is 8.96. The zero-order valence-corrected chi connectivity index (χ0v) is 15.8. The number of aliphatic carboxylic acids is 1. The number of carbonyl (C=O) groups is 2. The zero-order valence-electron chi connectivity index (χ0n) is 15.8. The summed E-state index contributed by atoms with van der Waals surface area (Å²) in [7, 11) is 0. The van der Waals surface area contributed by atoms with Gasteiger partial charge in [0, 0.05) is 12.3 Å². The van der Waals surface area contributed by atoms with Crippen LogP contribution in [0.1, 0.15) is 29.9 Å². The molecule has 0 heterocycles. The molecule has 0 radical (unpaired) electrons. The number of carboxylic acids is 1. The third-order valence-corrected chi connectivity index (χ3v) is 4.68. The van der Waals surface area contributed by atoms with Gasteiger partial charge in [0.15, 0.2) is 11.6 Å². The van der Waals surface area contributed by atoms with Crippen molar-refractivity contribution >= 4 is 12.3 Å². The van der Waals surface area contributed by atoms with Crippen molar-refractivity contribution in [2.24, 2.45) is 0 Å². The highest BCUT2D eigenvalue weighted by Gasteiger charge is 2.17. The normalized spacial score (nSPS) is 11.6. The molecule has 0 aromatic heterocycles. The summed E-state index contributed by atoms with van der Waals surface area (Å²) in [6, 6.07) is 22.2. The number of carboxylic acid groups (broad SMARTS) is 1. The predicted molar refractivity (Wildman–Crippen MR) is 108 cm³/mol. The molecule has 0 fully saturated rings. The molecule has 0 aliphatic rings. The summed E-state index contributed by atoms with van der Waals surface area (Å²) in [6.07, 6.45) is 0.445. The number of halogens is 1. The molecule has 3 aromatic rings. The molecule has 1 atom stereocenters. The number of aldehydes is 1. The van der Waals surface area contributed by atoms with E-state index in [0.717, 1.165) is 16.7 Å². The van der Waals surface area contributed by atoms with Gasteiger partial charge in [-0.3, -0.25) is 4.79 Å². The van der Waals surface area contributed by atoms with Gasteiger partial charge in [0.25, 0.3) is 0 Å². The smallest absolute Gasteiger partial charge is 0.303 e. The minimum absolute atomic E-state index is 0.0275. The van der Waals surface area contributed by atoms with Gasteiger partial charge in [-0.2, -0.15) is 0 Å². The van der Waals surface area contributed by atoms with Gasteiger partial charge in [-0.1, -0.05) is 60.7 Å². The second-order valence-electron chi connectivity index (χ2n) is 6.74. The lowest BCUT2D eigenvalue weighted by atomic mass is 9.93. The van der Waals surface area contributed by atoms with Gasteiger partial charge >= 0.3 is 5.97 Å².